The highest BCUT2D eigenvalue weighted by Gasteiger charge is 2.30. The molecule has 1 heterocycles. The molecule has 1 saturated carbocycles. The van der Waals surface area contributed by atoms with Gasteiger partial charge >= 0.3 is 5.97 Å². The number of esters is 1. The van der Waals surface area contributed by atoms with Crippen LogP contribution >= 0.6 is 0 Å². The molecule has 1 saturated heterocycles. The van der Waals surface area contributed by atoms with Crippen molar-refractivity contribution in [1.29, 1.82) is 0 Å². The Morgan fingerprint density at radius 3 is 2.33 bits per heavy atom. The number of fused-ring (bicyclic) bond motifs is 1. The van der Waals surface area contributed by atoms with E-state index in [9.17, 15) is 9.59 Å². The molecule has 0 unspecified atom stereocenters. The van der Waals surface area contributed by atoms with E-state index in [0.717, 1.165) is 42.0 Å². The van der Waals surface area contributed by atoms with Crippen molar-refractivity contribution < 1.29 is 14.3 Å². The molecule has 2 fully saturated rings. The fourth-order valence-corrected chi connectivity index (χ4v) is 4.34. The average molecular weight is 365 g/mol. The highest BCUT2D eigenvalue weighted by Crippen LogP contribution is 2.26. The van der Waals surface area contributed by atoms with Gasteiger partial charge in [0.05, 0.1) is 5.92 Å². The summed E-state index contributed by atoms with van der Waals surface area (Å²) in [5.74, 6) is -0.0615. The summed E-state index contributed by atoms with van der Waals surface area (Å²) in [6.45, 7) is 1.24. The van der Waals surface area contributed by atoms with Crippen LogP contribution in [0, 0.1) is 5.92 Å². The first kappa shape index (κ1) is 18.0. The number of ether oxygens (including phenoxy) is 1. The summed E-state index contributed by atoms with van der Waals surface area (Å²) < 4.78 is 5.73. The molecule has 4 nitrogen and oxygen atoms in total. The second-order valence-corrected chi connectivity index (χ2v) is 7.79. The van der Waals surface area contributed by atoms with Crippen molar-refractivity contribution in [2.45, 2.75) is 51.0 Å². The van der Waals surface area contributed by atoms with Crippen molar-refractivity contribution in [3.05, 3.63) is 48.0 Å². The van der Waals surface area contributed by atoms with E-state index in [1.54, 1.807) is 0 Å². The predicted octanol–water partition coefficient (Wildman–Crippen LogP) is 4.57. The summed E-state index contributed by atoms with van der Waals surface area (Å²) in [7, 11) is 0. The number of rotatable bonds is 3. The van der Waals surface area contributed by atoms with E-state index in [4.69, 9.17) is 4.74 Å². The third kappa shape index (κ3) is 4.00. The van der Waals surface area contributed by atoms with Gasteiger partial charge in [-0.15, -0.1) is 0 Å². The van der Waals surface area contributed by atoms with Crippen molar-refractivity contribution >= 4 is 22.6 Å². The molecule has 1 aliphatic heterocycles. The molecule has 2 aromatic rings. The number of piperidine rings is 1. The molecule has 0 atom stereocenters. The molecule has 1 aliphatic carbocycles. The molecule has 142 valence electrons. The van der Waals surface area contributed by atoms with Crippen molar-refractivity contribution in [2.75, 3.05) is 13.1 Å². The number of benzene rings is 2. The Labute approximate surface area is 160 Å². The summed E-state index contributed by atoms with van der Waals surface area (Å²) in [5, 5.41) is 2.07. The lowest BCUT2D eigenvalue weighted by Crippen LogP contribution is -2.41. The Morgan fingerprint density at radius 1 is 0.852 bits per heavy atom. The van der Waals surface area contributed by atoms with Crippen molar-refractivity contribution in [3.8, 4) is 0 Å². The zero-order chi connectivity index (χ0) is 18.6. The van der Waals surface area contributed by atoms with Crippen LogP contribution in [-0.2, 0) is 9.53 Å². The molecule has 0 bridgehead atoms. The zero-order valence-electron chi connectivity index (χ0n) is 15.7. The van der Waals surface area contributed by atoms with Gasteiger partial charge < -0.3 is 9.64 Å². The summed E-state index contributed by atoms with van der Waals surface area (Å²) in [6.07, 6.45) is 7.09. The molecule has 27 heavy (non-hydrogen) atoms. The summed E-state index contributed by atoms with van der Waals surface area (Å²) in [5.41, 5.74) is 0.747. The Balaban J connectivity index is 1.37. The number of nitrogens with zero attached hydrogens (tertiary/aromatic N) is 1. The van der Waals surface area contributed by atoms with E-state index in [0.29, 0.717) is 25.9 Å². The van der Waals surface area contributed by atoms with Gasteiger partial charge in [0.2, 0.25) is 0 Å². The molecule has 2 aromatic carbocycles. The standard InChI is InChI=1S/C23H27NO3/c25-22(21-12-6-8-17-7-4-5-11-20(17)21)24-15-13-18(14-16-24)23(26)27-19-9-2-1-3-10-19/h4-8,11-12,18-19H,1-3,9-10,13-16H2. The smallest absolute Gasteiger partial charge is 0.309 e. The molecule has 0 radical (unpaired) electrons. The van der Waals surface area contributed by atoms with Crippen molar-refractivity contribution in [1.82, 2.24) is 4.90 Å². The quantitative estimate of drug-likeness (QED) is 0.749. The number of carbonyl (C=O) groups is 2. The number of likely N-dealkylation sites (tertiary alicyclic amines) is 1. The fraction of sp³-hybridized carbons (Fsp3) is 0.478. The van der Waals surface area contributed by atoms with E-state index in [2.05, 4.69) is 0 Å². The lowest BCUT2D eigenvalue weighted by atomic mass is 9.94. The Hall–Kier alpha value is -2.36. The van der Waals surface area contributed by atoms with Crippen LogP contribution in [0.15, 0.2) is 42.5 Å². The predicted molar refractivity (Wildman–Crippen MR) is 106 cm³/mol. The molecule has 0 spiro atoms. The Morgan fingerprint density at radius 2 is 1.56 bits per heavy atom. The van der Waals surface area contributed by atoms with Gasteiger partial charge in [0.15, 0.2) is 0 Å². The van der Waals surface area contributed by atoms with Crippen LogP contribution in [0.2, 0.25) is 0 Å². The lowest BCUT2D eigenvalue weighted by molar-refractivity contribution is -0.157. The lowest BCUT2D eigenvalue weighted by Gasteiger charge is -2.32. The molecule has 2 aliphatic rings. The van der Waals surface area contributed by atoms with E-state index in [-0.39, 0.29) is 23.9 Å². The summed E-state index contributed by atoms with van der Waals surface area (Å²) in [4.78, 5) is 27.4. The van der Waals surface area contributed by atoms with E-state index in [1.807, 2.05) is 47.4 Å². The topological polar surface area (TPSA) is 46.6 Å². The maximum Gasteiger partial charge on any atom is 0.309 e. The van der Waals surface area contributed by atoms with Crippen LogP contribution in [0.1, 0.15) is 55.3 Å². The van der Waals surface area contributed by atoms with Gasteiger partial charge in [-0.1, -0.05) is 42.8 Å². The minimum absolute atomic E-state index is 0.0563. The second kappa shape index (κ2) is 8.12. The molecular weight excluding hydrogens is 338 g/mol. The SMILES string of the molecule is O=C(OC1CCCCC1)C1CCN(C(=O)c2cccc3ccccc23)CC1. The Bertz CT molecular complexity index is 812. The zero-order valence-corrected chi connectivity index (χ0v) is 15.7. The molecular formula is C23H27NO3. The largest absolute Gasteiger partial charge is 0.462 e. The van der Waals surface area contributed by atoms with Crippen LogP contribution in [0.4, 0.5) is 0 Å². The normalized spacial score (nSPS) is 19.2. The minimum Gasteiger partial charge on any atom is -0.462 e. The maximum atomic E-state index is 13.0. The first-order valence-corrected chi connectivity index (χ1v) is 10.2. The van der Waals surface area contributed by atoms with Gasteiger partial charge in [-0.05, 0) is 55.4 Å². The van der Waals surface area contributed by atoms with Gasteiger partial charge in [0, 0.05) is 18.7 Å². The van der Waals surface area contributed by atoms with Crippen molar-refractivity contribution in [2.24, 2.45) is 5.92 Å². The fourth-order valence-electron chi connectivity index (χ4n) is 4.34. The number of carbonyl (C=O) groups excluding carboxylic acids is 2. The monoisotopic (exact) mass is 365 g/mol. The van der Waals surface area contributed by atoms with E-state index in [1.165, 1.54) is 6.42 Å². The second-order valence-electron chi connectivity index (χ2n) is 7.79. The van der Waals surface area contributed by atoms with Gasteiger partial charge in [-0.3, -0.25) is 9.59 Å². The highest BCUT2D eigenvalue weighted by molar-refractivity contribution is 6.07. The van der Waals surface area contributed by atoms with Crippen molar-refractivity contribution in [3.63, 3.8) is 0 Å². The number of hydrogen-bond donors (Lipinski definition) is 0. The van der Waals surface area contributed by atoms with Crippen LogP contribution in [0.5, 0.6) is 0 Å². The third-order valence-corrected chi connectivity index (χ3v) is 5.97. The highest BCUT2D eigenvalue weighted by atomic mass is 16.5. The van der Waals surface area contributed by atoms with E-state index < -0.39 is 0 Å². The van der Waals surface area contributed by atoms with Gasteiger partial charge in [0.1, 0.15) is 6.10 Å². The van der Waals surface area contributed by atoms with Crippen LogP contribution in [0.25, 0.3) is 10.8 Å². The number of hydrogen-bond acceptors (Lipinski definition) is 3. The van der Waals surface area contributed by atoms with Gasteiger partial charge in [-0.25, -0.2) is 0 Å². The molecule has 4 heteroatoms. The molecule has 0 aromatic heterocycles. The maximum absolute atomic E-state index is 13.0. The third-order valence-electron chi connectivity index (χ3n) is 5.97. The minimum atomic E-state index is -0.0662. The number of amides is 1. The molecule has 4 rings (SSSR count). The van der Waals surface area contributed by atoms with Crippen LogP contribution in [0.3, 0.4) is 0 Å². The van der Waals surface area contributed by atoms with Crippen LogP contribution in [-0.4, -0.2) is 36.0 Å². The summed E-state index contributed by atoms with van der Waals surface area (Å²) in [6, 6.07) is 13.8. The van der Waals surface area contributed by atoms with E-state index >= 15 is 0 Å². The first-order valence-electron chi connectivity index (χ1n) is 10.2. The first-order chi connectivity index (χ1) is 13.2. The van der Waals surface area contributed by atoms with Gasteiger partial charge in [0.25, 0.3) is 5.91 Å². The summed E-state index contributed by atoms with van der Waals surface area (Å²) >= 11 is 0. The Kier molecular flexibility index (Phi) is 5.42. The van der Waals surface area contributed by atoms with Gasteiger partial charge in [-0.2, -0.15) is 0 Å². The molecule has 0 N–H and O–H groups in total. The van der Waals surface area contributed by atoms with Crippen LogP contribution < -0.4 is 0 Å². The average Bonchev–Trinajstić information content (AvgIpc) is 2.73. The molecule has 1 amide bonds.